The second-order valence-electron chi connectivity index (χ2n) is 6.50. The number of hydrogen-bond acceptors (Lipinski definition) is 5. The van der Waals surface area contributed by atoms with Crippen molar-refractivity contribution in [3.05, 3.63) is 51.7 Å². The molecule has 0 fully saturated rings. The van der Waals surface area contributed by atoms with Gasteiger partial charge in [-0.3, -0.25) is 9.59 Å². The van der Waals surface area contributed by atoms with Gasteiger partial charge in [-0.25, -0.2) is 9.18 Å². The number of benzene rings is 1. The van der Waals surface area contributed by atoms with E-state index in [1.54, 1.807) is 26.0 Å². The van der Waals surface area contributed by atoms with Gasteiger partial charge in [-0.1, -0.05) is 12.1 Å². The number of carbonyl (C=O) groups is 3. The van der Waals surface area contributed by atoms with Crippen molar-refractivity contribution in [1.29, 1.82) is 0 Å². The van der Waals surface area contributed by atoms with Crippen LogP contribution in [0.5, 0.6) is 0 Å². The minimum absolute atomic E-state index is 0.254. The fourth-order valence-electron chi connectivity index (χ4n) is 2.56. The summed E-state index contributed by atoms with van der Waals surface area (Å²) in [7, 11) is 0. The Hall–Kier alpha value is -2.74. The maximum absolute atomic E-state index is 13.0. The summed E-state index contributed by atoms with van der Waals surface area (Å²) in [6.07, 6.45) is -1.04. The molecule has 0 unspecified atom stereocenters. The molecule has 0 aliphatic rings. The molecule has 150 valence electrons. The van der Waals surface area contributed by atoms with E-state index in [2.05, 4.69) is 10.6 Å². The third kappa shape index (κ3) is 5.16. The van der Waals surface area contributed by atoms with Gasteiger partial charge in [-0.05, 0) is 51.0 Å². The number of anilines is 1. The van der Waals surface area contributed by atoms with E-state index in [0.29, 0.717) is 10.6 Å². The zero-order valence-electron chi connectivity index (χ0n) is 16.4. The van der Waals surface area contributed by atoms with E-state index in [9.17, 15) is 18.8 Å². The van der Waals surface area contributed by atoms with Crippen LogP contribution < -0.4 is 10.6 Å². The van der Waals surface area contributed by atoms with Crippen LogP contribution in [-0.2, 0) is 14.3 Å². The van der Waals surface area contributed by atoms with Crippen LogP contribution in [0, 0.1) is 19.7 Å². The molecule has 0 aliphatic carbocycles. The molecule has 1 heterocycles. The predicted octanol–water partition coefficient (Wildman–Crippen LogP) is 3.89. The number of ether oxygens (including phenoxy) is 1. The lowest BCUT2D eigenvalue weighted by Gasteiger charge is -2.18. The molecular weight excluding hydrogens is 383 g/mol. The third-order valence-corrected chi connectivity index (χ3v) is 5.38. The average Bonchev–Trinajstić information content (AvgIpc) is 2.88. The third-order valence-electron chi connectivity index (χ3n) is 4.26. The van der Waals surface area contributed by atoms with Gasteiger partial charge in [0.05, 0.1) is 11.6 Å². The first-order chi connectivity index (χ1) is 13.1. The number of aryl methyl sites for hydroxylation is 1. The highest BCUT2D eigenvalue weighted by atomic mass is 32.1. The van der Waals surface area contributed by atoms with E-state index in [4.69, 9.17) is 4.74 Å². The molecular formula is C20H23FN2O4S. The van der Waals surface area contributed by atoms with Crippen molar-refractivity contribution in [1.82, 2.24) is 5.32 Å². The number of hydrogen-bond donors (Lipinski definition) is 2. The molecule has 0 aliphatic heterocycles. The quantitative estimate of drug-likeness (QED) is 0.713. The Bertz CT molecular complexity index is 892. The van der Waals surface area contributed by atoms with Crippen LogP contribution in [0.25, 0.3) is 0 Å². The lowest BCUT2D eigenvalue weighted by molar-refractivity contribution is -0.129. The predicted molar refractivity (Wildman–Crippen MR) is 106 cm³/mol. The molecule has 1 aromatic carbocycles. The molecule has 2 rings (SSSR count). The Kier molecular flexibility index (Phi) is 6.90. The largest absolute Gasteiger partial charge is 0.449 e. The Labute approximate surface area is 167 Å². The van der Waals surface area contributed by atoms with Crippen molar-refractivity contribution in [2.24, 2.45) is 0 Å². The zero-order chi connectivity index (χ0) is 21.0. The SMILES string of the molecule is CC(=O)Nc1sc(C)c(C)c1C(=O)O[C@@H](C)C(=O)N[C@@H](C)c1ccc(F)cc1. The van der Waals surface area contributed by atoms with Crippen LogP contribution in [0.4, 0.5) is 9.39 Å². The first-order valence-electron chi connectivity index (χ1n) is 8.74. The van der Waals surface area contributed by atoms with Crippen LogP contribution >= 0.6 is 11.3 Å². The van der Waals surface area contributed by atoms with Crippen molar-refractivity contribution >= 4 is 34.1 Å². The number of nitrogens with one attached hydrogen (secondary N) is 2. The first kappa shape index (κ1) is 21.6. The van der Waals surface area contributed by atoms with Crippen molar-refractivity contribution in [3.63, 3.8) is 0 Å². The highest BCUT2D eigenvalue weighted by molar-refractivity contribution is 7.16. The highest BCUT2D eigenvalue weighted by Gasteiger charge is 2.26. The summed E-state index contributed by atoms with van der Waals surface area (Å²) in [6, 6.07) is 5.40. The Balaban J connectivity index is 2.06. The summed E-state index contributed by atoms with van der Waals surface area (Å²) in [5.74, 6) is -1.81. The summed E-state index contributed by atoms with van der Waals surface area (Å²) in [5, 5.41) is 5.76. The van der Waals surface area contributed by atoms with Crippen molar-refractivity contribution < 1.29 is 23.5 Å². The van der Waals surface area contributed by atoms with Crippen LogP contribution in [-0.4, -0.2) is 23.9 Å². The number of amides is 2. The Morgan fingerprint density at radius 1 is 1.11 bits per heavy atom. The summed E-state index contributed by atoms with van der Waals surface area (Å²) < 4.78 is 18.3. The van der Waals surface area contributed by atoms with Crippen molar-refractivity contribution in [2.75, 3.05) is 5.32 Å². The van der Waals surface area contributed by atoms with Gasteiger partial charge in [0, 0.05) is 11.8 Å². The Morgan fingerprint density at radius 2 is 1.71 bits per heavy atom. The fourth-order valence-corrected chi connectivity index (χ4v) is 3.65. The maximum atomic E-state index is 13.0. The normalized spacial score (nSPS) is 12.8. The molecule has 28 heavy (non-hydrogen) atoms. The maximum Gasteiger partial charge on any atom is 0.342 e. The topological polar surface area (TPSA) is 84.5 Å². The van der Waals surface area contributed by atoms with Gasteiger partial charge in [-0.2, -0.15) is 0 Å². The van der Waals surface area contributed by atoms with E-state index < -0.39 is 18.0 Å². The highest BCUT2D eigenvalue weighted by Crippen LogP contribution is 2.33. The minimum atomic E-state index is -1.04. The van der Waals surface area contributed by atoms with Gasteiger partial charge >= 0.3 is 5.97 Å². The number of halogens is 1. The second-order valence-corrected chi connectivity index (χ2v) is 7.72. The number of thiophene rings is 1. The van der Waals surface area contributed by atoms with E-state index in [0.717, 1.165) is 10.4 Å². The van der Waals surface area contributed by atoms with Crippen LogP contribution in [0.3, 0.4) is 0 Å². The van der Waals surface area contributed by atoms with Gasteiger partial charge < -0.3 is 15.4 Å². The lowest BCUT2D eigenvalue weighted by Crippen LogP contribution is -2.37. The van der Waals surface area contributed by atoms with E-state index in [1.807, 2.05) is 6.92 Å². The first-order valence-corrected chi connectivity index (χ1v) is 9.56. The summed E-state index contributed by atoms with van der Waals surface area (Å²) in [5.41, 5.74) is 1.68. The molecule has 2 N–H and O–H groups in total. The molecule has 0 bridgehead atoms. The van der Waals surface area contributed by atoms with Gasteiger partial charge in [0.25, 0.3) is 5.91 Å². The van der Waals surface area contributed by atoms with E-state index >= 15 is 0 Å². The molecule has 6 nitrogen and oxygen atoms in total. The number of carbonyl (C=O) groups excluding carboxylic acids is 3. The van der Waals surface area contributed by atoms with Gasteiger partial charge in [0.15, 0.2) is 6.10 Å². The van der Waals surface area contributed by atoms with E-state index in [1.165, 1.54) is 37.3 Å². The van der Waals surface area contributed by atoms with Crippen LogP contribution in [0.2, 0.25) is 0 Å². The number of rotatable bonds is 6. The van der Waals surface area contributed by atoms with Gasteiger partial charge in [0.2, 0.25) is 5.91 Å². The summed E-state index contributed by atoms with van der Waals surface area (Å²) in [4.78, 5) is 37.2. The fraction of sp³-hybridized carbons (Fsp3) is 0.350. The van der Waals surface area contributed by atoms with Crippen LogP contribution in [0.1, 0.15) is 53.2 Å². The summed E-state index contributed by atoms with van der Waals surface area (Å²) >= 11 is 1.28. The average molecular weight is 406 g/mol. The molecule has 1 aromatic heterocycles. The molecule has 0 radical (unpaired) electrons. The van der Waals surface area contributed by atoms with Gasteiger partial charge in [0.1, 0.15) is 10.8 Å². The standard InChI is InChI=1S/C20H23FN2O4S/c1-10-13(4)28-19(23-14(5)24)17(10)20(26)27-12(3)18(25)22-11(2)15-6-8-16(21)9-7-15/h6-9,11-12H,1-5H3,(H,22,25)(H,23,24)/t11-,12-/m0/s1. The molecule has 8 heteroatoms. The van der Waals surface area contributed by atoms with Crippen molar-refractivity contribution in [3.8, 4) is 0 Å². The molecule has 2 amide bonds. The Morgan fingerprint density at radius 3 is 2.29 bits per heavy atom. The molecule has 2 atom stereocenters. The van der Waals surface area contributed by atoms with Crippen molar-refractivity contribution in [2.45, 2.75) is 46.8 Å². The molecule has 2 aromatic rings. The van der Waals surface area contributed by atoms with E-state index in [-0.39, 0.29) is 23.3 Å². The van der Waals surface area contributed by atoms with Crippen LogP contribution in [0.15, 0.2) is 24.3 Å². The lowest BCUT2D eigenvalue weighted by atomic mass is 10.1. The molecule has 0 saturated heterocycles. The second kappa shape index (κ2) is 8.97. The molecule has 0 spiro atoms. The summed E-state index contributed by atoms with van der Waals surface area (Å²) in [6.45, 7) is 8.17. The van der Waals surface area contributed by atoms with Gasteiger partial charge in [-0.15, -0.1) is 11.3 Å². The minimum Gasteiger partial charge on any atom is -0.449 e. The smallest absolute Gasteiger partial charge is 0.342 e. The number of esters is 1. The molecule has 0 saturated carbocycles. The monoisotopic (exact) mass is 406 g/mol. The zero-order valence-corrected chi connectivity index (χ0v) is 17.2.